The quantitative estimate of drug-likeness (QED) is 0.897. The number of fused-ring (bicyclic) bond motifs is 1. The fraction of sp³-hybridized carbons (Fsp3) is 0.357. The highest BCUT2D eigenvalue weighted by atomic mass is 16.5. The summed E-state index contributed by atoms with van der Waals surface area (Å²) in [4.78, 5) is 4.62. The molecule has 1 aromatic carbocycles. The van der Waals surface area contributed by atoms with Crippen LogP contribution in [0, 0.1) is 6.92 Å². The second-order valence-corrected chi connectivity index (χ2v) is 4.16. The second-order valence-electron chi connectivity index (χ2n) is 4.16. The predicted molar refractivity (Wildman–Crippen MR) is 72.3 cm³/mol. The Labute approximate surface area is 107 Å². The van der Waals surface area contributed by atoms with Crippen molar-refractivity contribution in [3.8, 4) is 11.5 Å². The molecule has 0 aliphatic carbocycles. The molecule has 2 N–H and O–H groups in total. The maximum atomic E-state index is 5.59. The number of rotatable bonds is 4. The molecule has 0 fully saturated rings. The van der Waals surface area contributed by atoms with Crippen LogP contribution in [-0.2, 0) is 6.42 Å². The lowest BCUT2D eigenvalue weighted by Gasteiger charge is -2.12. The largest absolute Gasteiger partial charge is 0.496 e. The molecule has 96 valence electrons. The molecule has 4 heteroatoms. The zero-order chi connectivity index (χ0) is 13.1. The molecule has 0 radical (unpaired) electrons. The van der Waals surface area contributed by atoms with Crippen LogP contribution in [-0.4, -0.2) is 25.7 Å². The highest BCUT2D eigenvalue weighted by molar-refractivity contribution is 5.92. The number of aryl methyl sites for hydroxylation is 1. The van der Waals surface area contributed by atoms with Gasteiger partial charge in [-0.15, -0.1) is 0 Å². The van der Waals surface area contributed by atoms with E-state index in [4.69, 9.17) is 15.2 Å². The Hall–Kier alpha value is -1.81. The number of methoxy groups -OCH3 is 2. The minimum Gasteiger partial charge on any atom is -0.496 e. The Kier molecular flexibility index (Phi) is 3.67. The SMILES string of the molecule is COc1ccc(OC)c2c(C)cc(CCN)nc12. The van der Waals surface area contributed by atoms with E-state index in [0.717, 1.165) is 40.1 Å². The first-order chi connectivity index (χ1) is 8.71. The van der Waals surface area contributed by atoms with Gasteiger partial charge in [0.25, 0.3) is 0 Å². The van der Waals surface area contributed by atoms with Gasteiger partial charge in [-0.3, -0.25) is 0 Å². The number of ether oxygens (including phenoxy) is 2. The van der Waals surface area contributed by atoms with Crippen LogP contribution in [0.15, 0.2) is 18.2 Å². The summed E-state index contributed by atoms with van der Waals surface area (Å²) >= 11 is 0. The Morgan fingerprint density at radius 3 is 2.44 bits per heavy atom. The molecule has 4 nitrogen and oxygen atoms in total. The topological polar surface area (TPSA) is 57.4 Å². The third-order valence-electron chi connectivity index (χ3n) is 2.98. The van der Waals surface area contributed by atoms with Crippen molar-refractivity contribution in [2.45, 2.75) is 13.3 Å². The minimum atomic E-state index is 0.588. The number of hydrogen-bond acceptors (Lipinski definition) is 4. The van der Waals surface area contributed by atoms with Gasteiger partial charge in [0, 0.05) is 17.5 Å². The van der Waals surface area contributed by atoms with Crippen molar-refractivity contribution in [2.75, 3.05) is 20.8 Å². The highest BCUT2D eigenvalue weighted by Gasteiger charge is 2.12. The van der Waals surface area contributed by atoms with Crippen molar-refractivity contribution in [3.63, 3.8) is 0 Å². The van der Waals surface area contributed by atoms with Crippen LogP contribution >= 0.6 is 0 Å². The fourth-order valence-electron chi connectivity index (χ4n) is 2.15. The zero-order valence-electron chi connectivity index (χ0n) is 11.0. The minimum absolute atomic E-state index is 0.588. The summed E-state index contributed by atoms with van der Waals surface area (Å²) in [6.45, 7) is 2.64. The average molecular weight is 246 g/mol. The van der Waals surface area contributed by atoms with Crippen molar-refractivity contribution in [1.29, 1.82) is 0 Å². The normalized spacial score (nSPS) is 10.7. The lowest BCUT2D eigenvalue weighted by Crippen LogP contribution is -2.05. The molecule has 1 heterocycles. The van der Waals surface area contributed by atoms with E-state index in [0.29, 0.717) is 6.54 Å². The van der Waals surface area contributed by atoms with Gasteiger partial charge in [0.05, 0.1) is 14.2 Å². The van der Waals surface area contributed by atoms with Gasteiger partial charge in [0.15, 0.2) is 0 Å². The summed E-state index contributed by atoms with van der Waals surface area (Å²) < 4.78 is 10.8. The van der Waals surface area contributed by atoms with Crippen molar-refractivity contribution in [3.05, 3.63) is 29.5 Å². The van der Waals surface area contributed by atoms with Crippen molar-refractivity contribution >= 4 is 10.9 Å². The Morgan fingerprint density at radius 1 is 1.17 bits per heavy atom. The fourth-order valence-corrected chi connectivity index (χ4v) is 2.15. The standard InChI is InChI=1S/C14H18N2O2/c1-9-8-10(6-7-15)16-14-12(18-3)5-4-11(17-2)13(9)14/h4-5,8H,6-7,15H2,1-3H3. The van der Waals surface area contributed by atoms with E-state index >= 15 is 0 Å². The molecule has 0 bridgehead atoms. The molecule has 0 aliphatic heterocycles. The smallest absolute Gasteiger partial charge is 0.145 e. The number of pyridine rings is 1. The monoisotopic (exact) mass is 246 g/mol. The summed E-state index contributed by atoms with van der Waals surface area (Å²) in [5.41, 5.74) is 8.52. The van der Waals surface area contributed by atoms with Gasteiger partial charge in [0.2, 0.25) is 0 Å². The van der Waals surface area contributed by atoms with Crippen LogP contribution in [0.5, 0.6) is 11.5 Å². The lowest BCUT2D eigenvalue weighted by atomic mass is 10.1. The molecule has 2 rings (SSSR count). The van der Waals surface area contributed by atoms with Gasteiger partial charge in [0.1, 0.15) is 17.0 Å². The Morgan fingerprint density at radius 2 is 1.83 bits per heavy atom. The van der Waals surface area contributed by atoms with E-state index in [1.165, 1.54) is 0 Å². The molecule has 0 unspecified atom stereocenters. The van der Waals surface area contributed by atoms with Gasteiger partial charge in [-0.05, 0) is 37.2 Å². The van der Waals surface area contributed by atoms with Crippen LogP contribution in [0.4, 0.5) is 0 Å². The van der Waals surface area contributed by atoms with Crippen LogP contribution < -0.4 is 15.2 Å². The first kappa shape index (κ1) is 12.6. The second kappa shape index (κ2) is 5.23. The van der Waals surface area contributed by atoms with Crippen molar-refractivity contribution < 1.29 is 9.47 Å². The van der Waals surface area contributed by atoms with E-state index in [-0.39, 0.29) is 0 Å². The number of nitrogens with zero attached hydrogens (tertiary/aromatic N) is 1. The van der Waals surface area contributed by atoms with Crippen LogP contribution in [0.2, 0.25) is 0 Å². The highest BCUT2D eigenvalue weighted by Crippen LogP contribution is 2.34. The summed E-state index contributed by atoms with van der Waals surface area (Å²) in [6, 6.07) is 5.83. The van der Waals surface area contributed by atoms with Gasteiger partial charge in [-0.2, -0.15) is 0 Å². The molecule has 0 saturated carbocycles. The van der Waals surface area contributed by atoms with Gasteiger partial charge < -0.3 is 15.2 Å². The molecule has 0 aliphatic rings. The van der Waals surface area contributed by atoms with E-state index < -0.39 is 0 Å². The maximum absolute atomic E-state index is 5.59. The van der Waals surface area contributed by atoms with Crippen molar-refractivity contribution in [1.82, 2.24) is 4.98 Å². The Bertz CT molecular complexity index is 567. The van der Waals surface area contributed by atoms with Crippen LogP contribution in [0.1, 0.15) is 11.3 Å². The molecule has 0 saturated heterocycles. The van der Waals surface area contributed by atoms with E-state index in [1.807, 2.05) is 19.1 Å². The third-order valence-corrected chi connectivity index (χ3v) is 2.98. The number of nitrogens with two attached hydrogens (primary N) is 1. The maximum Gasteiger partial charge on any atom is 0.145 e. The third kappa shape index (κ3) is 2.11. The predicted octanol–water partition coefficient (Wildman–Crippen LogP) is 2.06. The summed E-state index contributed by atoms with van der Waals surface area (Å²) in [6.07, 6.45) is 0.761. The molecule has 0 amide bonds. The van der Waals surface area contributed by atoms with Gasteiger partial charge >= 0.3 is 0 Å². The molecule has 0 atom stereocenters. The molecule has 1 aromatic heterocycles. The lowest BCUT2D eigenvalue weighted by molar-refractivity contribution is 0.409. The molecular formula is C14H18N2O2. The van der Waals surface area contributed by atoms with Crippen LogP contribution in [0.25, 0.3) is 10.9 Å². The van der Waals surface area contributed by atoms with Crippen LogP contribution in [0.3, 0.4) is 0 Å². The summed E-state index contributed by atoms with van der Waals surface area (Å²) in [5.74, 6) is 1.57. The molecule has 18 heavy (non-hydrogen) atoms. The summed E-state index contributed by atoms with van der Waals surface area (Å²) in [5, 5.41) is 0.998. The number of hydrogen-bond donors (Lipinski definition) is 1. The van der Waals surface area contributed by atoms with Gasteiger partial charge in [-0.1, -0.05) is 0 Å². The van der Waals surface area contributed by atoms with E-state index in [2.05, 4.69) is 11.1 Å². The van der Waals surface area contributed by atoms with Crippen molar-refractivity contribution in [2.24, 2.45) is 5.73 Å². The number of benzene rings is 1. The zero-order valence-corrected chi connectivity index (χ0v) is 11.0. The molecule has 0 spiro atoms. The van der Waals surface area contributed by atoms with E-state index in [9.17, 15) is 0 Å². The first-order valence-electron chi connectivity index (χ1n) is 5.92. The first-order valence-corrected chi connectivity index (χ1v) is 5.92. The Balaban J connectivity index is 2.75. The molecular weight excluding hydrogens is 228 g/mol. The average Bonchev–Trinajstić information content (AvgIpc) is 2.37. The summed E-state index contributed by atoms with van der Waals surface area (Å²) in [7, 11) is 3.31. The van der Waals surface area contributed by atoms with E-state index in [1.54, 1.807) is 14.2 Å². The van der Waals surface area contributed by atoms with Gasteiger partial charge in [-0.25, -0.2) is 4.98 Å². The molecule has 2 aromatic rings. The number of aromatic nitrogens is 1.